The Hall–Kier alpha value is -3.55. The summed E-state index contributed by atoms with van der Waals surface area (Å²) in [5.41, 5.74) is 1.23. The number of anilines is 2. The van der Waals surface area contributed by atoms with Crippen molar-refractivity contribution in [1.82, 2.24) is 0 Å². The van der Waals surface area contributed by atoms with Gasteiger partial charge in [-0.2, -0.15) is 5.26 Å². The molecule has 0 unspecified atom stereocenters. The van der Waals surface area contributed by atoms with E-state index in [-0.39, 0.29) is 21.2 Å². The zero-order chi connectivity index (χ0) is 22.6. The predicted octanol–water partition coefficient (Wildman–Crippen LogP) is 3.48. The Bertz CT molecular complexity index is 1360. The van der Waals surface area contributed by atoms with Crippen molar-refractivity contribution < 1.29 is 21.6 Å². The van der Waals surface area contributed by atoms with Crippen molar-refractivity contribution in [3.8, 4) is 11.8 Å². The minimum Gasteiger partial charge on any atom is -0.495 e. The van der Waals surface area contributed by atoms with Crippen molar-refractivity contribution in [2.24, 2.45) is 0 Å². The van der Waals surface area contributed by atoms with E-state index in [2.05, 4.69) is 9.44 Å². The van der Waals surface area contributed by atoms with Crippen molar-refractivity contribution in [1.29, 1.82) is 5.26 Å². The van der Waals surface area contributed by atoms with Gasteiger partial charge in [0, 0.05) is 0 Å². The summed E-state index contributed by atoms with van der Waals surface area (Å²) >= 11 is 0. The molecule has 8 nitrogen and oxygen atoms in total. The van der Waals surface area contributed by atoms with E-state index in [1.54, 1.807) is 31.2 Å². The van der Waals surface area contributed by atoms with Crippen LogP contribution in [0.15, 0.2) is 76.5 Å². The Balaban J connectivity index is 1.93. The van der Waals surface area contributed by atoms with Crippen LogP contribution in [-0.4, -0.2) is 23.9 Å². The molecule has 0 aliphatic rings. The largest absolute Gasteiger partial charge is 0.495 e. The summed E-state index contributed by atoms with van der Waals surface area (Å²) in [6.07, 6.45) is 0. The van der Waals surface area contributed by atoms with Crippen LogP contribution in [0.1, 0.15) is 11.1 Å². The van der Waals surface area contributed by atoms with E-state index in [9.17, 15) is 16.8 Å². The normalized spacial score (nSPS) is 11.4. The lowest BCUT2D eigenvalue weighted by atomic mass is 10.2. The maximum Gasteiger partial charge on any atom is 0.262 e. The van der Waals surface area contributed by atoms with Gasteiger partial charge in [0.1, 0.15) is 5.75 Å². The van der Waals surface area contributed by atoms with Crippen LogP contribution in [0, 0.1) is 18.3 Å². The fraction of sp³-hybridized carbons (Fsp3) is 0.0952. The van der Waals surface area contributed by atoms with Crippen molar-refractivity contribution >= 4 is 31.4 Å². The minimum atomic E-state index is -4.02. The molecule has 31 heavy (non-hydrogen) atoms. The molecule has 0 radical (unpaired) electrons. The highest BCUT2D eigenvalue weighted by atomic mass is 32.2. The van der Waals surface area contributed by atoms with E-state index in [4.69, 9.17) is 10.00 Å². The van der Waals surface area contributed by atoms with E-state index in [0.29, 0.717) is 16.9 Å². The highest BCUT2D eigenvalue weighted by molar-refractivity contribution is 7.93. The summed E-state index contributed by atoms with van der Waals surface area (Å²) < 4.78 is 61.2. The van der Waals surface area contributed by atoms with Crippen LogP contribution >= 0.6 is 0 Å². The van der Waals surface area contributed by atoms with Crippen LogP contribution in [0.5, 0.6) is 5.75 Å². The number of ether oxygens (including phenoxy) is 1. The number of benzene rings is 3. The Labute approximate surface area is 181 Å². The second-order valence-corrected chi connectivity index (χ2v) is 9.89. The van der Waals surface area contributed by atoms with Crippen LogP contribution in [0.3, 0.4) is 0 Å². The first-order chi connectivity index (χ1) is 14.7. The molecule has 0 spiro atoms. The molecular formula is C21H19N3O5S2. The molecule has 0 aliphatic heterocycles. The van der Waals surface area contributed by atoms with E-state index in [1.807, 2.05) is 6.07 Å². The first-order valence-corrected chi connectivity index (χ1v) is 11.9. The fourth-order valence-corrected chi connectivity index (χ4v) is 4.94. The molecule has 0 saturated heterocycles. The Morgan fingerprint density at radius 1 is 0.806 bits per heavy atom. The van der Waals surface area contributed by atoms with Gasteiger partial charge in [-0.3, -0.25) is 9.44 Å². The number of para-hydroxylation sites is 2. The highest BCUT2D eigenvalue weighted by Crippen LogP contribution is 2.28. The van der Waals surface area contributed by atoms with Gasteiger partial charge in [0.25, 0.3) is 20.0 Å². The molecule has 0 amide bonds. The van der Waals surface area contributed by atoms with Gasteiger partial charge in [-0.15, -0.1) is 0 Å². The second-order valence-electron chi connectivity index (χ2n) is 6.52. The number of nitriles is 1. The summed E-state index contributed by atoms with van der Waals surface area (Å²) in [5.74, 6) is 0.347. The van der Waals surface area contributed by atoms with Gasteiger partial charge in [-0.25, -0.2) is 16.8 Å². The Morgan fingerprint density at radius 3 is 2.03 bits per heavy atom. The van der Waals surface area contributed by atoms with Crippen LogP contribution < -0.4 is 14.2 Å². The quantitative estimate of drug-likeness (QED) is 0.560. The number of methoxy groups -OCH3 is 1. The van der Waals surface area contributed by atoms with Crippen LogP contribution in [0.25, 0.3) is 0 Å². The molecule has 0 aromatic heterocycles. The molecule has 3 aromatic rings. The van der Waals surface area contributed by atoms with Gasteiger partial charge in [0.15, 0.2) is 0 Å². The summed E-state index contributed by atoms with van der Waals surface area (Å²) in [4.78, 5) is -0.173. The van der Waals surface area contributed by atoms with Crippen molar-refractivity contribution in [3.05, 3.63) is 77.9 Å². The van der Waals surface area contributed by atoms with Gasteiger partial charge >= 0.3 is 0 Å². The number of rotatable bonds is 7. The lowest BCUT2D eigenvalue weighted by molar-refractivity contribution is 0.417. The zero-order valence-electron chi connectivity index (χ0n) is 16.7. The van der Waals surface area contributed by atoms with Crippen molar-refractivity contribution in [2.45, 2.75) is 16.7 Å². The third-order valence-electron chi connectivity index (χ3n) is 4.41. The molecule has 0 bridgehead atoms. The van der Waals surface area contributed by atoms with Crippen LogP contribution in [-0.2, 0) is 20.0 Å². The van der Waals surface area contributed by atoms with Gasteiger partial charge in [-0.05, 0) is 61.0 Å². The van der Waals surface area contributed by atoms with Crippen molar-refractivity contribution in [2.75, 3.05) is 16.6 Å². The number of aryl methyl sites for hydroxylation is 1. The first kappa shape index (κ1) is 22.1. The number of nitrogens with zero attached hydrogens (tertiary/aromatic N) is 1. The molecule has 0 atom stereocenters. The lowest BCUT2D eigenvalue weighted by Gasteiger charge is -2.14. The molecule has 0 aliphatic carbocycles. The molecule has 2 N–H and O–H groups in total. The third kappa shape index (κ3) is 4.96. The molecule has 0 fully saturated rings. The molecule has 160 valence electrons. The maximum absolute atomic E-state index is 12.9. The first-order valence-electron chi connectivity index (χ1n) is 8.96. The molecule has 3 rings (SSSR count). The molecule has 10 heteroatoms. The number of sulfonamides is 2. The average molecular weight is 458 g/mol. The van der Waals surface area contributed by atoms with Gasteiger partial charge in [0.05, 0.1) is 39.9 Å². The topological polar surface area (TPSA) is 125 Å². The van der Waals surface area contributed by atoms with Gasteiger partial charge in [0.2, 0.25) is 0 Å². The molecule has 0 heterocycles. The maximum atomic E-state index is 12.9. The summed E-state index contributed by atoms with van der Waals surface area (Å²) in [5, 5.41) is 8.86. The Morgan fingerprint density at radius 2 is 1.39 bits per heavy atom. The highest BCUT2D eigenvalue weighted by Gasteiger charge is 2.20. The summed E-state index contributed by atoms with van der Waals surface area (Å²) in [7, 11) is -6.58. The molecule has 3 aromatic carbocycles. The second kappa shape index (κ2) is 8.67. The third-order valence-corrected chi connectivity index (χ3v) is 7.15. The minimum absolute atomic E-state index is 0.0497. The lowest BCUT2D eigenvalue weighted by Crippen LogP contribution is -2.16. The fourth-order valence-electron chi connectivity index (χ4n) is 2.72. The molecular weight excluding hydrogens is 438 g/mol. The Kier molecular flexibility index (Phi) is 6.19. The SMILES string of the molecule is COc1ccccc1NS(=O)(=O)c1ccc(C)c(NS(=O)(=O)c2ccc(C#N)cc2)c1. The van der Waals surface area contributed by atoms with E-state index in [1.165, 1.54) is 49.6 Å². The van der Waals surface area contributed by atoms with Crippen LogP contribution in [0.4, 0.5) is 11.4 Å². The van der Waals surface area contributed by atoms with Gasteiger partial charge in [-0.1, -0.05) is 18.2 Å². The summed E-state index contributed by atoms with van der Waals surface area (Å²) in [6, 6.07) is 18.0. The number of nitrogens with one attached hydrogen (secondary N) is 2. The molecule has 0 saturated carbocycles. The predicted molar refractivity (Wildman–Crippen MR) is 117 cm³/mol. The zero-order valence-corrected chi connectivity index (χ0v) is 18.3. The number of hydrogen-bond acceptors (Lipinski definition) is 6. The standard InChI is InChI=1S/C21H19N3O5S2/c1-15-7-10-18(31(27,28)23-19-5-3-4-6-21(19)29-2)13-20(15)24-30(25,26)17-11-8-16(14-22)9-12-17/h3-13,23-24H,1-2H3. The summed E-state index contributed by atoms with van der Waals surface area (Å²) in [6.45, 7) is 1.65. The average Bonchev–Trinajstić information content (AvgIpc) is 2.75. The van der Waals surface area contributed by atoms with Gasteiger partial charge < -0.3 is 4.74 Å². The smallest absolute Gasteiger partial charge is 0.262 e. The monoisotopic (exact) mass is 457 g/mol. The van der Waals surface area contributed by atoms with E-state index in [0.717, 1.165) is 0 Å². The van der Waals surface area contributed by atoms with Crippen LogP contribution in [0.2, 0.25) is 0 Å². The van der Waals surface area contributed by atoms with E-state index >= 15 is 0 Å². The van der Waals surface area contributed by atoms with E-state index < -0.39 is 20.0 Å². The van der Waals surface area contributed by atoms with Crippen molar-refractivity contribution in [3.63, 3.8) is 0 Å². The number of hydrogen-bond donors (Lipinski definition) is 2.